The Labute approximate surface area is 187 Å². The molecule has 0 saturated heterocycles. The summed E-state index contributed by atoms with van der Waals surface area (Å²) in [4.78, 5) is 29.9. The fourth-order valence-electron chi connectivity index (χ4n) is 4.35. The van der Waals surface area contributed by atoms with Crippen molar-refractivity contribution in [2.24, 2.45) is 0 Å². The van der Waals surface area contributed by atoms with E-state index in [4.69, 9.17) is 9.84 Å². The molecule has 0 saturated carbocycles. The van der Waals surface area contributed by atoms with Crippen molar-refractivity contribution in [2.45, 2.75) is 51.6 Å². The summed E-state index contributed by atoms with van der Waals surface area (Å²) in [6, 6.07) is 13.9. The molecular weight excluding hydrogens is 406 g/mol. The van der Waals surface area contributed by atoms with E-state index in [1.807, 2.05) is 47.5 Å². The molecule has 0 aliphatic carbocycles. The molecule has 7 nitrogen and oxygen atoms in total. The first-order valence-electron chi connectivity index (χ1n) is 11.3. The van der Waals surface area contributed by atoms with E-state index < -0.39 is 5.97 Å². The van der Waals surface area contributed by atoms with Crippen LogP contribution in [0.4, 0.5) is 0 Å². The molecule has 3 heterocycles. The van der Waals surface area contributed by atoms with Crippen LogP contribution in [0.15, 0.2) is 48.7 Å². The van der Waals surface area contributed by atoms with Crippen molar-refractivity contribution in [3.05, 3.63) is 59.9 Å². The van der Waals surface area contributed by atoms with Gasteiger partial charge < -0.3 is 19.3 Å². The minimum Gasteiger partial charge on any atom is -0.494 e. The minimum absolute atomic E-state index is 0.0956. The molecule has 4 rings (SSSR count). The number of aliphatic carboxylic acids is 1. The number of carbonyl (C=O) groups excluding carboxylic acids is 1. The Balaban J connectivity index is 1.43. The number of rotatable bonds is 10. The van der Waals surface area contributed by atoms with Crippen LogP contribution in [0, 0.1) is 0 Å². The Morgan fingerprint density at radius 2 is 1.84 bits per heavy atom. The number of amides is 1. The van der Waals surface area contributed by atoms with Crippen LogP contribution in [0.2, 0.25) is 0 Å². The number of ether oxygens (including phenoxy) is 1. The van der Waals surface area contributed by atoms with Gasteiger partial charge in [-0.05, 0) is 55.5 Å². The number of fused-ring (bicyclic) bond motifs is 3. The molecule has 168 valence electrons. The normalized spacial score (nSPS) is 13.2. The Bertz CT molecular complexity index is 1080. The highest BCUT2D eigenvalue weighted by Gasteiger charge is 2.26. The van der Waals surface area contributed by atoms with Crippen molar-refractivity contribution in [1.82, 2.24) is 14.5 Å². The van der Waals surface area contributed by atoms with Gasteiger partial charge >= 0.3 is 5.97 Å². The second-order valence-electron chi connectivity index (χ2n) is 8.13. The molecule has 32 heavy (non-hydrogen) atoms. The number of carbonyl (C=O) groups is 2. The molecule has 0 radical (unpaired) electrons. The molecule has 1 aliphatic rings. The zero-order valence-corrected chi connectivity index (χ0v) is 18.2. The number of unbranched alkanes of at least 4 members (excludes halogenated alkanes) is 1. The fraction of sp³-hybridized carbons (Fsp3) is 0.400. The van der Waals surface area contributed by atoms with Crippen molar-refractivity contribution in [1.29, 1.82) is 0 Å². The first-order chi connectivity index (χ1) is 15.6. The van der Waals surface area contributed by atoms with Crippen LogP contribution >= 0.6 is 0 Å². The van der Waals surface area contributed by atoms with Crippen molar-refractivity contribution >= 4 is 22.9 Å². The second kappa shape index (κ2) is 10.3. The smallest absolute Gasteiger partial charge is 0.303 e. The Hall–Kier alpha value is -3.35. The SMILES string of the molecule is O=C(O)CCCCC(=O)N1CCc2c(n(CCCOc3ccccc3)c3ncccc23)C1. The summed E-state index contributed by atoms with van der Waals surface area (Å²) in [6.07, 6.45) is 5.11. The van der Waals surface area contributed by atoms with Gasteiger partial charge in [-0.15, -0.1) is 0 Å². The molecule has 1 aliphatic heterocycles. The zero-order valence-electron chi connectivity index (χ0n) is 18.2. The third-order valence-corrected chi connectivity index (χ3v) is 5.94. The maximum atomic E-state index is 12.7. The molecule has 0 atom stereocenters. The molecule has 7 heteroatoms. The van der Waals surface area contributed by atoms with Gasteiger partial charge in [0, 0.05) is 43.2 Å². The van der Waals surface area contributed by atoms with Gasteiger partial charge in [0.05, 0.1) is 13.2 Å². The monoisotopic (exact) mass is 435 g/mol. The number of hydrogen-bond acceptors (Lipinski definition) is 4. The molecule has 0 unspecified atom stereocenters. The molecule has 0 spiro atoms. The Morgan fingerprint density at radius 3 is 2.66 bits per heavy atom. The molecule has 3 aromatic rings. The highest BCUT2D eigenvalue weighted by atomic mass is 16.5. The van der Waals surface area contributed by atoms with Gasteiger partial charge in [-0.2, -0.15) is 0 Å². The Morgan fingerprint density at radius 1 is 1.03 bits per heavy atom. The number of para-hydroxylation sites is 1. The maximum absolute atomic E-state index is 12.7. The number of carboxylic acids is 1. The fourth-order valence-corrected chi connectivity index (χ4v) is 4.35. The number of aromatic nitrogens is 2. The number of pyridine rings is 1. The summed E-state index contributed by atoms with van der Waals surface area (Å²) in [5.41, 5.74) is 3.41. The lowest BCUT2D eigenvalue weighted by Gasteiger charge is -2.28. The quantitative estimate of drug-likeness (QED) is 0.486. The third-order valence-electron chi connectivity index (χ3n) is 5.94. The van der Waals surface area contributed by atoms with E-state index in [0.717, 1.165) is 36.5 Å². The van der Waals surface area contributed by atoms with E-state index in [-0.39, 0.29) is 12.3 Å². The Kier molecular flexibility index (Phi) is 7.04. The van der Waals surface area contributed by atoms with Gasteiger partial charge in [0.25, 0.3) is 0 Å². The first kappa shape index (κ1) is 21.9. The lowest BCUT2D eigenvalue weighted by molar-refractivity contribution is -0.137. The van der Waals surface area contributed by atoms with E-state index >= 15 is 0 Å². The molecule has 1 amide bonds. The molecule has 1 aromatic carbocycles. The van der Waals surface area contributed by atoms with Crippen LogP contribution in [0.3, 0.4) is 0 Å². The highest BCUT2D eigenvalue weighted by molar-refractivity contribution is 5.83. The maximum Gasteiger partial charge on any atom is 0.303 e. The van der Waals surface area contributed by atoms with Crippen LogP contribution in [0.25, 0.3) is 11.0 Å². The standard InChI is InChI=1S/C25H29N3O4/c29-23(11-4-5-12-24(30)31)27-16-13-20-21-10-6-14-26-25(21)28(22(20)18-27)15-7-17-32-19-8-2-1-3-9-19/h1-3,6,8-10,14H,4-5,7,11-13,15-18H2,(H,30,31). The van der Waals surface area contributed by atoms with E-state index in [1.165, 1.54) is 10.9 Å². The summed E-state index contributed by atoms with van der Waals surface area (Å²) < 4.78 is 8.09. The van der Waals surface area contributed by atoms with Gasteiger partial charge in [-0.25, -0.2) is 4.98 Å². The van der Waals surface area contributed by atoms with Gasteiger partial charge in [-0.1, -0.05) is 18.2 Å². The van der Waals surface area contributed by atoms with Crippen molar-refractivity contribution in [2.75, 3.05) is 13.2 Å². The summed E-state index contributed by atoms with van der Waals surface area (Å²) in [5, 5.41) is 9.94. The number of aryl methyl sites for hydroxylation is 1. The van der Waals surface area contributed by atoms with Crippen molar-refractivity contribution < 1.29 is 19.4 Å². The van der Waals surface area contributed by atoms with Gasteiger partial charge in [0.15, 0.2) is 0 Å². The molecular formula is C25H29N3O4. The van der Waals surface area contributed by atoms with Crippen LogP contribution in [-0.4, -0.2) is 44.6 Å². The van der Waals surface area contributed by atoms with Crippen LogP contribution < -0.4 is 4.74 Å². The van der Waals surface area contributed by atoms with Crippen molar-refractivity contribution in [3.63, 3.8) is 0 Å². The predicted molar refractivity (Wildman–Crippen MR) is 122 cm³/mol. The number of hydrogen-bond donors (Lipinski definition) is 1. The van der Waals surface area contributed by atoms with Gasteiger partial charge in [0.1, 0.15) is 11.4 Å². The van der Waals surface area contributed by atoms with Gasteiger partial charge in [0.2, 0.25) is 5.91 Å². The number of nitrogens with zero attached hydrogens (tertiary/aromatic N) is 3. The number of benzene rings is 1. The lowest BCUT2D eigenvalue weighted by atomic mass is 10.0. The largest absolute Gasteiger partial charge is 0.494 e. The first-order valence-corrected chi connectivity index (χ1v) is 11.3. The van der Waals surface area contributed by atoms with E-state index in [2.05, 4.69) is 15.6 Å². The zero-order chi connectivity index (χ0) is 22.3. The molecule has 0 bridgehead atoms. The van der Waals surface area contributed by atoms with E-state index in [9.17, 15) is 9.59 Å². The second-order valence-corrected chi connectivity index (χ2v) is 8.13. The summed E-state index contributed by atoms with van der Waals surface area (Å²) in [7, 11) is 0. The topological polar surface area (TPSA) is 84.7 Å². The third kappa shape index (κ3) is 5.10. The van der Waals surface area contributed by atoms with E-state index in [0.29, 0.717) is 39.0 Å². The van der Waals surface area contributed by atoms with E-state index in [1.54, 1.807) is 0 Å². The molecule has 2 aromatic heterocycles. The van der Waals surface area contributed by atoms with Crippen LogP contribution in [0.1, 0.15) is 43.4 Å². The van der Waals surface area contributed by atoms with Gasteiger partial charge in [-0.3, -0.25) is 9.59 Å². The van der Waals surface area contributed by atoms with Crippen LogP contribution in [-0.2, 0) is 29.1 Å². The minimum atomic E-state index is -0.812. The molecule has 1 N–H and O–H groups in total. The highest BCUT2D eigenvalue weighted by Crippen LogP contribution is 2.30. The summed E-state index contributed by atoms with van der Waals surface area (Å²) in [6.45, 7) is 2.65. The van der Waals surface area contributed by atoms with Crippen LogP contribution in [0.5, 0.6) is 5.75 Å². The van der Waals surface area contributed by atoms with Crippen molar-refractivity contribution in [3.8, 4) is 5.75 Å². The lowest BCUT2D eigenvalue weighted by Crippen LogP contribution is -2.36. The average molecular weight is 436 g/mol. The average Bonchev–Trinajstić information content (AvgIpc) is 3.13. The predicted octanol–water partition coefficient (Wildman–Crippen LogP) is 4.04. The summed E-state index contributed by atoms with van der Waals surface area (Å²) >= 11 is 0. The number of carboxylic acid groups (broad SMARTS) is 1. The molecule has 0 fully saturated rings. The summed E-state index contributed by atoms with van der Waals surface area (Å²) in [5.74, 6) is 0.149.